The van der Waals surface area contributed by atoms with Crippen LogP contribution in [0.25, 0.3) is 0 Å². The number of anilines is 1. The van der Waals surface area contributed by atoms with Gasteiger partial charge in [-0.15, -0.1) is 0 Å². The fourth-order valence-electron chi connectivity index (χ4n) is 4.69. The molecule has 0 aliphatic carbocycles. The van der Waals surface area contributed by atoms with Crippen molar-refractivity contribution in [3.63, 3.8) is 0 Å². The number of amides is 2. The summed E-state index contributed by atoms with van der Waals surface area (Å²) in [5, 5.41) is 2.94. The molecule has 0 spiro atoms. The van der Waals surface area contributed by atoms with Crippen LogP contribution in [-0.2, 0) is 27.4 Å². The molecule has 33 heavy (non-hydrogen) atoms. The number of morpholine rings is 1. The summed E-state index contributed by atoms with van der Waals surface area (Å²) in [6.45, 7) is 7.06. The maximum atomic E-state index is 13.6. The van der Waals surface area contributed by atoms with E-state index in [4.69, 9.17) is 4.74 Å². The molecule has 2 aliphatic heterocycles. The van der Waals surface area contributed by atoms with Crippen molar-refractivity contribution in [3.05, 3.63) is 65.2 Å². The van der Waals surface area contributed by atoms with Crippen LogP contribution in [0, 0.1) is 17.6 Å². The number of carbonyl (C=O) groups is 2. The monoisotopic (exact) mass is 457 g/mol. The van der Waals surface area contributed by atoms with E-state index in [1.807, 2.05) is 18.2 Å². The molecule has 3 unspecified atom stereocenters. The van der Waals surface area contributed by atoms with E-state index in [1.165, 1.54) is 4.90 Å². The summed E-state index contributed by atoms with van der Waals surface area (Å²) >= 11 is 0. The molecule has 2 aliphatic rings. The van der Waals surface area contributed by atoms with Gasteiger partial charge in [-0.25, -0.2) is 8.78 Å². The second kappa shape index (κ2) is 9.97. The van der Waals surface area contributed by atoms with Crippen molar-refractivity contribution in [3.8, 4) is 0 Å². The summed E-state index contributed by atoms with van der Waals surface area (Å²) in [6, 6.07) is 10.9. The number of carbonyl (C=O) groups excluding carboxylic acids is 2. The maximum absolute atomic E-state index is 13.6. The molecule has 2 aromatic carbocycles. The van der Waals surface area contributed by atoms with Crippen LogP contribution in [0.15, 0.2) is 42.5 Å². The molecular formula is C25H29F2N3O3. The minimum atomic E-state index is -0.758. The Bertz CT molecular complexity index is 1000. The average Bonchev–Trinajstić information content (AvgIpc) is 3.13. The highest BCUT2D eigenvalue weighted by Crippen LogP contribution is 2.27. The fourth-order valence-corrected chi connectivity index (χ4v) is 4.69. The normalized spacial score (nSPS) is 23.7. The Morgan fingerprint density at radius 1 is 1.03 bits per heavy atom. The van der Waals surface area contributed by atoms with Gasteiger partial charge in [-0.1, -0.05) is 24.3 Å². The zero-order valence-corrected chi connectivity index (χ0v) is 18.9. The van der Waals surface area contributed by atoms with Gasteiger partial charge in [0.25, 0.3) is 0 Å². The van der Waals surface area contributed by atoms with E-state index in [2.05, 4.69) is 30.1 Å². The molecule has 2 aromatic rings. The van der Waals surface area contributed by atoms with E-state index in [0.29, 0.717) is 6.54 Å². The average molecular weight is 458 g/mol. The van der Waals surface area contributed by atoms with Gasteiger partial charge in [0.1, 0.15) is 11.6 Å². The third kappa shape index (κ3) is 5.75. The lowest BCUT2D eigenvalue weighted by Crippen LogP contribution is -2.45. The Labute approximate surface area is 192 Å². The van der Waals surface area contributed by atoms with Crippen LogP contribution < -0.4 is 10.2 Å². The topological polar surface area (TPSA) is 61.9 Å². The van der Waals surface area contributed by atoms with Gasteiger partial charge < -0.3 is 15.0 Å². The molecule has 2 saturated heterocycles. The van der Waals surface area contributed by atoms with Gasteiger partial charge >= 0.3 is 0 Å². The van der Waals surface area contributed by atoms with Crippen molar-refractivity contribution in [2.75, 3.05) is 24.5 Å². The predicted octanol–water partition coefficient (Wildman–Crippen LogP) is 3.24. The van der Waals surface area contributed by atoms with Crippen molar-refractivity contribution in [1.82, 2.24) is 10.2 Å². The number of rotatable bonds is 6. The molecular weight excluding hydrogens is 428 g/mol. The smallest absolute Gasteiger partial charge is 0.227 e. The second-order valence-electron chi connectivity index (χ2n) is 8.97. The summed E-state index contributed by atoms with van der Waals surface area (Å²) in [5.41, 5.74) is 2.29. The zero-order valence-electron chi connectivity index (χ0n) is 18.9. The number of halogens is 2. The summed E-state index contributed by atoms with van der Waals surface area (Å²) in [5.74, 6) is -2.66. The SMILES string of the molecule is CC1CN(Cc2ccccc2CNC(=O)C2CC(=O)N(c3cc(F)cc(F)c3)C2)CC(C)O1. The van der Waals surface area contributed by atoms with E-state index in [9.17, 15) is 18.4 Å². The first-order valence-electron chi connectivity index (χ1n) is 11.3. The van der Waals surface area contributed by atoms with Crippen molar-refractivity contribution in [2.45, 2.75) is 45.6 Å². The number of hydrogen-bond acceptors (Lipinski definition) is 4. The van der Waals surface area contributed by atoms with E-state index in [-0.39, 0.29) is 42.7 Å². The first-order chi connectivity index (χ1) is 15.8. The standard InChI is InChI=1S/C25H29F2N3O3/c1-16-12-29(13-17(2)33-16)14-19-6-4-3-5-18(19)11-28-25(32)20-7-24(31)30(15-20)23-9-21(26)8-22(27)10-23/h3-6,8-10,16-17,20H,7,11-15H2,1-2H3,(H,28,32). The van der Waals surface area contributed by atoms with Crippen LogP contribution in [0.2, 0.25) is 0 Å². The summed E-state index contributed by atoms with van der Waals surface area (Å²) < 4.78 is 32.9. The molecule has 8 heteroatoms. The third-order valence-electron chi connectivity index (χ3n) is 6.12. The maximum Gasteiger partial charge on any atom is 0.227 e. The van der Waals surface area contributed by atoms with Gasteiger partial charge in [-0.05, 0) is 37.1 Å². The Balaban J connectivity index is 1.37. The van der Waals surface area contributed by atoms with Gasteiger partial charge in [0.05, 0.1) is 18.1 Å². The largest absolute Gasteiger partial charge is 0.373 e. The van der Waals surface area contributed by atoms with Crippen LogP contribution in [0.1, 0.15) is 31.4 Å². The highest BCUT2D eigenvalue weighted by atomic mass is 19.1. The van der Waals surface area contributed by atoms with Crippen LogP contribution in [0.3, 0.4) is 0 Å². The molecule has 0 aromatic heterocycles. The Morgan fingerprint density at radius 3 is 2.33 bits per heavy atom. The minimum Gasteiger partial charge on any atom is -0.373 e. The zero-order chi connectivity index (χ0) is 23.5. The number of nitrogens with zero attached hydrogens (tertiary/aromatic N) is 2. The molecule has 0 saturated carbocycles. The molecule has 3 atom stereocenters. The van der Waals surface area contributed by atoms with E-state index < -0.39 is 17.6 Å². The Morgan fingerprint density at radius 2 is 1.67 bits per heavy atom. The Hall–Kier alpha value is -2.84. The van der Waals surface area contributed by atoms with Gasteiger partial charge in [-0.2, -0.15) is 0 Å². The van der Waals surface area contributed by atoms with Crippen molar-refractivity contribution in [1.29, 1.82) is 0 Å². The molecule has 2 amide bonds. The number of hydrogen-bond donors (Lipinski definition) is 1. The predicted molar refractivity (Wildman–Crippen MR) is 120 cm³/mol. The molecule has 6 nitrogen and oxygen atoms in total. The van der Waals surface area contributed by atoms with Crippen LogP contribution >= 0.6 is 0 Å². The van der Waals surface area contributed by atoms with Crippen molar-refractivity contribution < 1.29 is 23.1 Å². The fraction of sp³-hybridized carbons (Fsp3) is 0.440. The van der Waals surface area contributed by atoms with Crippen LogP contribution in [0.4, 0.5) is 14.5 Å². The van der Waals surface area contributed by atoms with E-state index in [1.54, 1.807) is 0 Å². The first kappa shape index (κ1) is 23.3. The highest BCUT2D eigenvalue weighted by Gasteiger charge is 2.35. The third-order valence-corrected chi connectivity index (χ3v) is 6.12. The van der Waals surface area contributed by atoms with Crippen LogP contribution in [0.5, 0.6) is 0 Å². The lowest BCUT2D eigenvalue weighted by Gasteiger charge is -2.35. The minimum absolute atomic E-state index is 0.00909. The van der Waals surface area contributed by atoms with Crippen LogP contribution in [-0.4, -0.2) is 48.6 Å². The molecule has 2 heterocycles. The van der Waals surface area contributed by atoms with E-state index >= 15 is 0 Å². The molecule has 1 N–H and O–H groups in total. The van der Waals surface area contributed by atoms with Gasteiger partial charge in [0.2, 0.25) is 11.8 Å². The highest BCUT2D eigenvalue weighted by molar-refractivity contribution is 6.00. The second-order valence-corrected chi connectivity index (χ2v) is 8.97. The van der Waals surface area contributed by atoms with Gasteiger partial charge in [-0.3, -0.25) is 14.5 Å². The van der Waals surface area contributed by atoms with Crippen molar-refractivity contribution in [2.24, 2.45) is 5.92 Å². The molecule has 2 fully saturated rings. The van der Waals surface area contributed by atoms with Crippen molar-refractivity contribution >= 4 is 17.5 Å². The lowest BCUT2D eigenvalue weighted by atomic mass is 10.0. The van der Waals surface area contributed by atoms with Gasteiger partial charge in [0.15, 0.2) is 0 Å². The summed E-state index contributed by atoms with van der Waals surface area (Å²) in [4.78, 5) is 28.8. The van der Waals surface area contributed by atoms with E-state index in [0.717, 1.165) is 49.0 Å². The quantitative estimate of drug-likeness (QED) is 0.724. The van der Waals surface area contributed by atoms with Gasteiger partial charge in [0, 0.05) is 50.9 Å². The molecule has 4 rings (SSSR count). The lowest BCUT2D eigenvalue weighted by molar-refractivity contribution is -0.126. The molecule has 176 valence electrons. The molecule has 0 radical (unpaired) electrons. The summed E-state index contributed by atoms with van der Waals surface area (Å²) in [7, 11) is 0. The summed E-state index contributed by atoms with van der Waals surface area (Å²) in [6.07, 6.45) is 0.361. The number of nitrogens with one attached hydrogen (secondary N) is 1. The Kier molecular flexibility index (Phi) is 7.05. The molecule has 0 bridgehead atoms. The first-order valence-corrected chi connectivity index (χ1v) is 11.3. The number of ether oxygens (including phenoxy) is 1. The number of benzene rings is 2.